The average Bonchev–Trinajstić information content (AvgIpc) is 2.24. The van der Waals surface area contributed by atoms with E-state index >= 15 is 0 Å². The summed E-state index contributed by atoms with van der Waals surface area (Å²) in [5.74, 6) is 0. The molecule has 0 aliphatic rings. The van der Waals surface area contributed by atoms with Gasteiger partial charge in [0.2, 0.25) is 0 Å². The Bertz CT molecular complexity index is 357. The third-order valence-electron chi connectivity index (χ3n) is 2.19. The summed E-state index contributed by atoms with van der Waals surface area (Å²) in [5.41, 5.74) is 0.512. The van der Waals surface area contributed by atoms with Gasteiger partial charge in [0.05, 0.1) is 6.04 Å². The van der Waals surface area contributed by atoms with Gasteiger partial charge in [-0.3, -0.25) is 4.98 Å². The summed E-state index contributed by atoms with van der Waals surface area (Å²) in [5, 5.41) is 2.84. The predicted molar refractivity (Wildman–Crippen MR) is 66.6 cm³/mol. The molecule has 1 amide bonds. The molecule has 0 fully saturated rings. The summed E-state index contributed by atoms with van der Waals surface area (Å²) >= 11 is 0. The maximum atomic E-state index is 11.6. The highest BCUT2D eigenvalue weighted by atomic mass is 16.6. The first-order valence-corrected chi connectivity index (χ1v) is 5.82. The van der Waals surface area contributed by atoms with Gasteiger partial charge in [-0.05, 0) is 38.8 Å². The summed E-state index contributed by atoms with van der Waals surface area (Å²) < 4.78 is 5.22. The molecular formula is C13H20N2O2. The van der Waals surface area contributed by atoms with E-state index in [0.29, 0.717) is 0 Å². The highest BCUT2D eigenvalue weighted by Gasteiger charge is 2.19. The second kappa shape index (κ2) is 5.66. The highest BCUT2D eigenvalue weighted by molar-refractivity contribution is 5.68. The van der Waals surface area contributed by atoms with Crippen molar-refractivity contribution in [3.63, 3.8) is 0 Å². The van der Waals surface area contributed by atoms with Gasteiger partial charge in [-0.15, -0.1) is 0 Å². The number of carbonyl (C=O) groups excluding carboxylic acids is 1. The number of hydrogen-bond acceptors (Lipinski definition) is 3. The number of amides is 1. The van der Waals surface area contributed by atoms with Crippen LogP contribution in [0.5, 0.6) is 0 Å². The number of nitrogens with zero attached hydrogens (tertiary/aromatic N) is 1. The Kier molecular flexibility index (Phi) is 4.49. The molecule has 1 aromatic heterocycles. The zero-order chi connectivity index (χ0) is 12.9. The van der Waals surface area contributed by atoms with Crippen molar-refractivity contribution in [2.75, 3.05) is 0 Å². The summed E-state index contributed by atoms with van der Waals surface area (Å²) in [6.45, 7) is 7.54. The van der Waals surface area contributed by atoms with Crippen LogP contribution in [0.1, 0.15) is 45.7 Å². The number of rotatable bonds is 3. The fourth-order valence-electron chi connectivity index (χ4n) is 1.45. The van der Waals surface area contributed by atoms with Gasteiger partial charge in [0.1, 0.15) is 5.60 Å². The van der Waals surface area contributed by atoms with Crippen LogP contribution in [0.3, 0.4) is 0 Å². The molecule has 4 heteroatoms. The molecule has 0 radical (unpaired) electrons. The maximum Gasteiger partial charge on any atom is 0.408 e. The van der Waals surface area contributed by atoms with Crippen LogP contribution in [-0.2, 0) is 4.74 Å². The molecule has 17 heavy (non-hydrogen) atoms. The molecule has 1 heterocycles. The lowest BCUT2D eigenvalue weighted by Gasteiger charge is -2.23. The minimum atomic E-state index is -0.475. The first-order valence-electron chi connectivity index (χ1n) is 5.82. The Balaban J connectivity index is 2.62. The van der Waals surface area contributed by atoms with Gasteiger partial charge in [-0.2, -0.15) is 0 Å². The lowest BCUT2D eigenvalue weighted by atomic mass is 10.1. The van der Waals surface area contributed by atoms with Crippen LogP contribution in [0.4, 0.5) is 4.79 Å². The molecule has 94 valence electrons. The lowest BCUT2D eigenvalue weighted by Crippen LogP contribution is -2.34. The molecule has 1 unspecified atom stereocenters. The molecule has 0 aliphatic carbocycles. The SMILES string of the molecule is CCC(NC(=O)OC(C)(C)C)c1cccnc1. The lowest BCUT2D eigenvalue weighted by molar-refractivity contribution is 0.0502. The molecule has 0 bridgehead atoms. The van der Waals surface area contributed by atoms with Crippen molar-refractivity contribution in [2.45, 2.75) is 45.8 Å². The van der Waals surface area contributed by atoms with Gasteiger partial charge >= 0.3 is 6.09 Å². The first kappa shape index (κ1) is 13.5. The van der Waals surface area contributed by atoms with E-state index in [9.17, 15) is 4.79 Å². The van der Waals surface area contributed by atoms with Crippen molar-refractivity contribution >= 4 is 6.09 Å². The number of ether oxygens (including phenoxy) is 1. The normalized spacial score (nSPS) is 12.9. The van der Waals surface area contributed by atoms with Crippen molar-refractivity contribution in [3.05, 3.63) is 30.1 Å². The van der Waals surface area contributed by atoms with Crippen molar-refractivity contribution in [1.29, 1.82) is 0 Å². The van der Waals surface area contributed by atoms with E-state index in [2.05, 4.69) is 10.3 Å². The fourth-order valence-corrected chi connectivity index (χ4v) is 1.45. The number of nitrogens with one attached hydrogen (secondary N) is 1. The number of hydrogen-bond donors (Lipinski definition) is 1. The van der Waals surface area contributed by atoms with Crippen LogP contribution < -0.4 is 5.32 Å². The Labute approximate surface area is 102 Å². The molecule has 0 saturated heterocycles. The van der Waals surface area contributed by atoms with E-state index in [-0.39, 0.29) is 6.04 Å². The Hall–Kier alpha value is -1.58. The van der Waals surface area contributed by atoms with Crippen molar-refractivity contribution in [1.82, 2.24) is 10.3 Å². The average molecular weight is 236 g/mol. The van der Waals surface area contributed by atoms with Gasteiger partial charge in [0.25, 0.3) is 0 Å². The Morgan fingerprint density at radius 2 is 2.24 bits per heavy atom. The maximum absolute atomic E-state index is 11.6. The van der Waals surface area contributed by atoms with E-state index in [4.69, 9.17) is 4.74 Å². The van der Waals surface area contributed by atoms with Gasteiger partial charge in [-0.1, -0.05) is 13.0 Å². The monoisotopic (exact) mass is 236 g/mol. The first-order chi connectivity index (χ1) is 7.92. The van der Waals surface area contributed by atoms with E-state index in [0.717, 1.165) is 12.0 Å². The quantitative estimate of drug-likeness (QED) is 0.877. The molecule has 1 atom stereocenters. The molecular weight excluding hydrogens is 216 g/mol. The van der Waals surface area contributed by atoms with E-state index in [1.165, 1.54) is 0 Å². The smallest absolute Gasteiger partial charge is 0.408 e. The van der Waals surface area contributed by atoms with Crippen LogP contribution in [0.15, 0.2) is 24.5 Å². The van der Waals surface area contributed by atoms with Gasteiger partial charge in [0, 0.05) is 12.4 Å². The summed E-state index contributed by atoms with van der Waals surface area (Å²) in [4.78, 5) is 15.7. The molecule has 0 aromatic carbocycles. The van der Waals surface area contributed by atoms with Crippen LogP contribution in [0.2, 0.25) is 0 Å². The van der Waals surface area contributed by atoms with E-state index in [1.807, 2.05) is 39.8 Å². The van der Waals surface area contributed by atoms with Gasteiger partial charge in [0.15, 0.2) is 0 Å². The van der Waals surface area contributed by atoms with Crippen molar-refractivity contribution in [3.8, 4) is 0 Å². The summed E-state index contributed by atoms with van der Waals surface area (Å²) in [6.07, 6.45) is 3.87. The molecule has 0 aliphatic heterocycles. The number of alkyl carbamates (subject to hydrolysis) is 1. The van der Waals surface area contributed by atoms with Crippen LogP contribution in [-0.4, -0.2) is 16.7 Å². The molecule has 1 aromatic rings. The minimum Gasteiger partial charge on any atom is -0.444 e. The van der Waals surface area contributed by atoms with Crippen molar-refractivity contribution in [2.24, 2.45) is 0 Å². The standard InChI is InChI=1S/C13H20N2O2/c1-5-11(10-7-6-8-14-9-10)15-12(16)17-13(2,3)4/h6-9,11H,5H2,1-4H3,(H,15,16). The largest absolute Gasteiger partial charge is 0.444 e. The van der Waals surface area contributed by atoms with Crippen LogP contribution >= 0.6 is 0 Å². The Morgan fingerprint density at radius 3 is 2.71 bits per heavy atom. The molecule has 1 rings (SSSR count). The molecule has 0 saturated carbocycles. The fraction of sp³-hybridized carbons (Fsp3) is 0.538. The molecule has 0 spiro atoms. The number of aromatic nitrogens is 1. The van der Waals surface area contributed by atoms with Crippen LogP contribution in [0.25, 0.3) is 0 Å². The van der Waals surface area contributed by atoms with Gasteiger partial charge < -0.3 is 10.1 Å². The third kappa shape index (κ3) is 4.85. The molecule has 4 nitrogen and oxygen atoms in total. The third-order valence-corrected chi connectivity index (χ3v) is 2.19. The zero-order valence-electron chi connectivity index (χ0n) is 10.9. The van der Waals surface area contributed by atoms with Gasteiger partial charge in [-0.25, -0.2) is 4.79 Å². The number of carbonyl (C=O) groups is 1. The number of pyridine rings is 1. The van der Waals surface area contributed by atoms with E-state index < -0.39 is 11.7 Å². The Morgan fingerprint density at radius 1 is 1.53 bits per heavy atom. The predicted octanol–water partition coefficient (Wildman–Crippen LogP) is 3.06. The second-order valence-electron chi connectivity index (χ2n) is 4.89. The summed E-state index contributed by atoms with van der Waals surface area (Å²) in [6, 6.07) is 3.74. The highest BCUT2D eigenvalue weighted by Crippen LogP contribution is 2.16. The topological polar surface area (TPSA) is 51.2 Å². The van der Waals surface area contributed by atoms with Crippen LogP contribution in [0, 0.1) is 0 Å². The van der Waals surface area contributed by atoms with Crippen molar-refractivity contribution < 1.29 is 9.53 Å². The van der Waals surface area contributed by atoms with E-state index in [1.54, 1.807) is 12.4 Å². The minimum absolute atomic E-state index is 0.0569. The zero-order valence-corrected chi connectivity index (χ0v) is 10.9. The summed E-state index contributed by atoms with van der Waals surface area (Å²) in [7, 11) is 0. The second-order valence-corrected chi connectivity index (χ2v) is 4.89. The molecule has 1 N–H and O–H groups in total.